The van der Waals surface area contributed by atoms with Crippen LogP contribution in [0.2, 0.25) is 5.02 Å². The van der Waals surface area contributed by atoms with Gasteiger partial charge in [0.15, 0.2) is 0 Å². The highest BCUT2D eigenvalue weighted by Crippen LogP contribution is 2.22. The van der Waals surface area contributed by atoms with Gasteiger partial charge in [0, 0.05) is 17.6 Å². The fourth-order valence-electron chi connectivity index (χ4n) is 3.64. The fourth-order valence-corrected chi connectivity index (χ4v) is 4.72. The number of urea groups is 1. The summed E-state index contributed by atoms with van der Waals surface area (Å²) in [5, 5.41) is 15.0. The van der Waals surface area contributed by atoms with Crippen LogP contribution >= 0.6 is 11.6 Å². The number of hydrogen-bond acceptors (Lipinski definition) is 6. The molecule has 3 amide bonds. The molecule has 0 spiro atoms. The van der Waals surface area contributed by atoms with Crippen molar-refractivity contribution < 1.29 is 32.0 Å². The molecule has 1 saturated carbocycles. The Kier molecular flexibility index (Phi) is 7.37. The first-order valence-electron chi connectivity index (χ1n) is 12.2. The molecule has 1 aliphatic rings. The van der Waals surface area contributed by atoms with Gasteiger partial charge in [0.2, 0.25) is 0 Å². The van der Waals surface area contributed by atoms with Crippen LogP contribution in [0.25, 0.3) is 0 Å². The number of halogens is 1. The maximum atomic E-state index is 12.6. The number of methoxy groups -OCH3 is 1. The quantitative estimate of drug-likeness (QED) is 0.401. The van der Waals surface area contributed by atoms with E-state index >= 15 is 0 Å². The van der Waals surface area contributed by atoms with Crippen molar-refractivity contribution in [3.63, 3.8) is 0 Å². The van der Waals surface area contributed by atoms with Gasteiger partial charge < -0.3 is 20.5 Å². The van der Waals surface area contributed by atoms with E-state index in [0.29, 0.717) is 32.1 Å². The van der Waals surface area contributed by atoms with E-state index in [2.05, 4.69) is 10.6 Å². The van der Waals surface area contributed by atoms with Crippen LogP contribution in [0.15, 0.2) is 47.4 Å². The average molecular weight is 514 g/mol. The second-order valence-electron chi connectivity index (χ2n) is 7.98. The molecule has 4 N–H and O–H groups in total. The number of carbonyl (C=O) groups excluding carboxylic acids is 2. The summed E-state index contributed by atoms with van der Waals surface area (Å²) in [5.74, 6) is -0.710. The van der Waals surface area contributed by atoms with E-state index in [0.717, 1.165) is 5.56 Å². The molecule has 3 rings (SSSR count). The molecular formula is C23H28ClN3O6S. The third kappa shape index (κ3) is 7.09. The molecule has 1 fully saturated rings. The zero-order valence-corrected chi connectivity index (χ0v) is 19.8. The summed E-state index contributed by atoms with van der Waals surface area (Å²) in [6.45, 7) is 0.168. The van der Waals surface area contributed by atoms with E-state index < -0.39 is 29.0 Å². The second-order valence-corrected chi connectivity index (χ2v) is 10.1. The number of nitrogens with one attached hydrogen (secondary N) is 3. The van der Waals surface area contributed by atoms with Crippen molar-refractivity contribution in [2.24, 2.45) is 0 Å². The van der Waals surface area contributed by atoms with Crippen LogP contribution in [0.1, 0.15) is 45.7 Å². The van der Waals surface area contributed by atoms with Crippen molar-refractivity contribution in [1.29, 1.82) is 0 Å². The highest BCUT2D eigenvalue weighted by molar-refractivity contribution is 7.90. The lowest BCUT2D eigenvalue weighted by Gasteiger charge is -2.26. The van der Waals surface area contributed by atoms with E-state index in [4.69, 9.17) is 20.5 Å². The number of sulfonamides is 1. The van der Waals surface area contributed by atoms with Gasteiger partial charge in [-0.25, -0.2) is 17.9 Å². The normalized spacial score (nSPS) is 19.8. The molecule has 0 aromatic heterocycles. The standard InChI is InChI=1S/C23H28ClN3O6S/c1-33-21-11-4-16(24)14-20(21)22(29)25-13-12-15-2-9-19(10-3-15)34(31,32)27-23(30)26-17-5-7-18(28)8-6-17/h2-4,9-11,14,17-18,28H,5-8,12-13H2,1H3,(H,25,29)(H2,26,27,30)/i1+1D3. The molecule has 2 aromatic rings. The van der Waals surface area contributed by atoms with Crippen molar-refractivity contribution in [2.75, 3.05) is 13.6 Å². The fraction of sp³-hybridized carbons (Fsp3) is 0.391. The second kappa shape index (κ2) is 11.5. The molecule has 34 heavy (non-hydrogen) atoms. The Labute approximate surface area is 208 Å². The number of hydrogen-bond donors (Lipinski definition) is 4. The molecule has 0 heterocycles. The molecule has 1 aliphatic carbocycles. The van der Waals surface area contributed by atoms with Gasteiger partial charge in [0.25, 0.3) is 15.9 Å². The molecule has 0 atom stereocenters. The zero-order valence-electron chi connectivity index (χ0n) is 21.2. The first kappa shape index (κ1) is 21.7. The largest absolute Gasteiger partial charge is 0.496 e. The van der Waals surface area contributed by atoms with Gasteiger partial charge >= 0.3 is 6.03 Å². The summed E-state index contributed by atoms with van der Waals surface area (Å²) < 4.78 is 53.7. The average Bonchev–Trinajstić information content (AvgIpc) is 2.81. The number of carbonyl (C=O) groups is 2. The van der Waals surface area contributed by atoms with E-state index in [1.165, 1.54) is 30.3 Å². The Hall–Kier alpha value is -2.82. The minimum Gasteiger partial charge on any atom is -0.496 e. The summed E-state index contributed by atoms with van der Waals surface area (Å²) in [5.41, 5.74) is 0.688. The van der Waals surface area contributed by atoms with Crippen LogP contribution in [0.5, 0.6) is 5.75 Å². The number of aliphatic hydroxyl groups is 1. The Morgan fingerprint density at radius 2 is 1.85 bits per heavy atom. The van der Waals surface area contributed by atoms with Gasteiger partial charge in [-0.3, -0.25) is 4.79 Å². The molecule has 0 aliphatic heterocycles. The minimum atomic E-state index is -4.09. The van der Waals surface area contributed by atoms with Gasteiger partial charge in [-0.1, -0.05) is 23.7 Å². The molecule has 9 nitrogen and oxygen atoms in total. The maximum absolute atomic E-state index is 12.6. The highest BCUT2D eigenvalue weighted by Gasteiger charge is 2.23. The van der Waals surface area contributed by atoms with Crippen LogP contribution < -0.4 is 20.1 Å². The molecule has 2 aromatic carbocycles. The lowest BCUT2D eigenvalue weighted by Crippen LogP contribution is -2.46. The molecule has 0 unspecified atom stereocenters. The Morgan fingerprint density at radius 1 is 1.15 bits per heavy atom. The zero-order chi connectivity index (χ0) is 27.2. The lowest BCUT2D eigenvalue weighted by atomic mass is 9.93. The third-order valence-corrected chi connectivity index (χ3v) is 7.07. The predicted molar refractivity (Wildman–Crippen MR) is 128 cm³/mol. The first-order chi connectivity index (χ1) is 17.3. The van der Waals surface area contributed by atoms with Crippen LogP contribution in [-0.2, 0) is 16.4 Å². The van der Waals surface area contributed by atoms with E-state index in [9.17, 15) is 23.1 Å². The van der Waals surface area contributed by atoms with Crippen molar-refractivity contribution in [3.05, 3.63) is 58.6 Å². The minimum absolute atomic E-state index is 0.0289. The van der Waals surface area contributed by atoms with E-state index in [1.807, 2.05) is 4.72 Å². The summed E-state index contributed by atoms with van der Waals surface area (Å²) in [6.07, 6.45) is 2.21. The van der Waals surface area contributed by atoms with Gasteiger partial charge in [0.1, 0.15) is 5.75 Å². The Bertz CT molecular complexity index is 1220. The number of ether oxygens (including phenoxy) is 1. The molecule has 0 saturated heterocycles. The lowest BCUT2D eigenvalue weighted by molar-refractivity contribution is 0.0951. The molecule has 0 bridgehead atoms. The van der Waals surface area contributed by atoms with Crippen molar-refractivity contribution in [3.8, 4) is 5.75 Å². The number of benzene rings is 2. The van der Waals surface area contributed by atoms with Crippen LogP contribution in [0, 0.1) is 0 Å². The monoisotopic (exact) mass is 513 g/mol. The van der Waals surface area contributed by atoms with Crippen LogP contribution in [-0.4, -0.2) is 51.2 Å². The maximum Gasteiger partial charge on any atom is 0.328 e. The van der Waals surface area contributed by atoms with Gasteiger partial charge in [-0.2, -0.15) is 0 Å². The van der Waals surface area contributed by atoms with Crippen molar-refractivity contribution in [2.45, 2.75) is 49.1 Å². The summed E-state index contributed by atoms with van der Waals surface area (Å²) in [6, 6.07) is 8.82. The van der Waals surface area contributed by atoms with Gasteiger partial charge in [0.05, 0.1) is 27.7 Å². The smallest absolute Gasteiger partial charge is 0.328 e. The number of rotatable bonds is 8. The highest BCUT2D eigenvalue weighted by atomic mass is 35.5. The topological polar surface area (TPSA) is 134 Å². The van der Waals surface area contributed by atoms with E-state index in [-0.39, 0.29) is 39.9 Å². The third-order valence-electron chi connectivity index (χ3n) is 5.49. The first-order valence-corrected chi connectivity index (χ1v) is 12.6. The van der Waals surface area contributed by atoms with Crippen molar-refractivity contribution >= 4 is 33.6 Å². The molecular weight excluding hydrogens is 483 g/mol. The van der Waals surface area contributed by atoms with Gasteiger partial charge in [-0.15, -0.1) is 0 Å². The molecule has 184 valence electrons. The Morgan fingerprint density at radius 3 is 2.53 bits per heavy atom. The van der Waals surface area contributed by atoms with E-state index in [1.54, 1.807) is 12.1 Å². The van der Waals surface area contributed by atoms with Gasteiger partial charge in [-0.05, 0) is 68.0 Å². The van der Waals surface area contributed by atoms with Crippen LogP contribution in [0.4, 0.5) is 4.79 Å². The van der Waals surface area contributed by atoms with Crippen molar-refractivity contribution in [1.82, 2.24) is 15.4 Å². The van der Waals surface area contributed by atoms with Crippen LogP contribution in [0.3, 0.4) is 0 Å². The Balaban J connectivity index is 1.53. The summed E-state index contributed by atoms with van der Waals surface area (Å²) in [7, 11) is -6.82. The predicted octanol–water partition coefficient (Wildman–Crippen LogP) is 2.61. The number of aliphatic hydroxyl groups excluding tert-OH is 1. The summed E-state index contributed by atoms with van der Waals surface area (Å²) >= 11 is 5.93. The SMILES string of the molecule is [2H][13C]([2H])([2H])Oc1ccc(Cl)cc1C(=O)NCCc1ccc(S(=O)(=O)NC(=O)NC2CCC(O)CC2)cc1. The number of amides is 3. The summed E-state index contributed by atoms with van der Waals surface area (Å²) in [4.78, 5) is 24.6. The molecule has 11 heteroatoms. The molecule has 0 radical (unpaired) electrons.